The molecule has 0 saturated carbocycles. The minimum Gasteiger partial charge on any atom is -0.372 e. The maximum atomic E-state index is 14.4. The summed E-state index contributed by atoms with van der Waals surface area (Å²) in [7, 11) is 0. The molecule has 188 valence electrons. The molecule has 0 aliphatic heterocycles. The normalized spacial score (nSPS) is 11.2. The zero-order valence-corrected chi connectivity index (χ0v) is 21.9. The van der Waals surface area contributed by atoms with Crippen LogP contribution in [0.2, 0.25) is 5.02 Å². The van der Waals surface area contributed by atoms with Crippen LogP contribution < -0.4 is 10.2 Å². The van der Waals surface area contributed by atoms with Crippen molar-refractivity contribution in [1.29, 1.82) is 0 Å². The van der Waals surface area contributed by atoms with Gasteiger partial charge < -0.3 is 10.2 Å². The first-order chi connectivity index (χ1) is 17.3. The summed E-state index contributed by atoms with van der Waals surface area (Å²) in [6, 6.07) is 13.1. The fraction of sp³-hybridized carbons (Fsp3) is 0.321. The van der Waals surface area contributed by atoms with E-state index < -0.39 is 0 Å². The van der Waals surface area contributed by atoms with Crippen LogP contribution >= 0.6 is 11.6 Å². The van der Waals surface area contributed by atoms with Gasteiger partial charge in [0.05, 0.1) is 6.20 Å². The van der Waals surface area contributed by atoms with Crippen molar-refractivity contribution in [1.82, 2.24) is 19.9 Å². The van der Waals surface area contributed by atoms with E-state index >= 15 is 0 Å². The zero-order valence-electron chi connectivity index (χ0n) is 21.1. The third-order valence-electron chi connectivity index (χ3n) is 6.51. The summed E-state index contributed by atoms with van der Waals surface area (Å²) in [5, 5.41) is 7.78. The molecule has 0 saturated heterocycles. The molecular weight excluding hydrogens is 477 g/mol. The van der Waals surface area contributed by atoms with E-state index in [1.54, 1.807) is 16.6 Å². The van der Waals surface area contributed by atoms with Crippen LogP contribution in [0.5, 0.6) is 0 Å². The highest BCUT2D eigenvalue weighted by molar-refractivity contribution is 6.31. The number of carbonyl (C=O) groups is 1. The quantitative estimate of drug-likeness (QED) is 0.296. The summed E-state index contributed by atoms with van der Waals surface area (Å²) < 4.78 is 16.0. The van der Waals surface area contributed by atoms with E-state index in [-0.39, 0.29) is 11.7 Å². The standard InChI is InChI=1S/C28H31ClFN5O/c1-5-34(21-10-6-9-18(2)15-21)14-8-13-31-28(36)24-17-32-35-20(4)22(19(3)33-27(24)35)16-23-25(29)11-7-12-26(23)30/h6-7,9-12,15,17H,5,8,13-14,16H2,1-4H3,(H,31,36). The van der Waals surface area contributed by atoms with Crippen LogP contribution in [-0.2, 0) is 6.42 Å². The molecule has 0 spiro atoms. The number of halogens is 2. The summed E-state index contributed by atoms with van der Waals surface area (Å²) in [5.41, 5.74) is 6.09. The lowest BCUT2D eigenvalue weighted by atomic mass is 10.0. The Labute approximate surface area is 216 Å². The Balaban J connectivity index is 1.45. The summed E-state index contributed by atoms with van der Waals surface area (Å²) in [6.45, 7) is 10.2. The molecular formula is C28H31ClFN5O. The van der Waals surface area contributed by atoms with Crippen molar-refractivity contribution in [2.45, 2.75) is 40.5 Å². The van der Waals surface area contributed by atoms with Gasteiger partial charge in [-0.1, -0.05) is 29.8 Å². The van der Waals surface area contributed by atoms with Gasteiger partial charge in [-0.3, -0.25) is 4.79 Å². The number of aromatic nitrogens is 3. The van der Waals surface area contributed by atoms with E-state index in [9.17, 15) is 9.18 Å². The highest BCUT2D eigenvalue weighted by atomic mass is 35.5. The molecule has 1 N–H and O–H groups in total. The highest BCUT2D eigenvalue weighted by Gasteiger charge is 2.20. The second-order valence-electron chi connectivity index (χ2n) is 8.96. The van der Waals surface area contributed by atoms with Crippen molar-refractivity contribution in [3.05, 3.63) is 93.1 Å². The molecule has 2 aromatic heterocycles. The second kappa shape index (κ2) is 11.1. The maximum Gasteiger partial charge on any atom is 0.256 e. The lowest BCUT2D eigenvalue weighted by Gasteiger charge is -2.23. The molecule has 0 atom stereocenters. The molecule has 6 nitrogen and oxygen atoms in total. The predicted molar refractivity (Wildman–Crippen MR) is 143 cm³/mol. The smallest absolute Gasteiger partial charge is 0.256 e. The van der Waals surface area contributed by atoms with E-state index in [0.717, 1.165) is 30.8 Å². The summed E-state index contributed by atoms with van der Waals surface area (Å²) in [6.07, 6.45) is 2.64. The van der Waals surface area contributed by atoms with Crippen molar-refractivity contribution >= 4 is 28.8 Å². The first kappa shape index (κ1) is 25.6. The molecule has 8 heteroatoms. The second-order valence-corrected chi connectivity index (χ2v) is 9.37. The minimum absolute atomic E-state index is 0.209. The third kappa shape index (κ3) is 5.36. The number of hydrogen-bond acceptors (Lipinski definition) is 4. The van der Waals surface area contributed by atoms with Crippen molar-refractivity contribution in [3.63, 3.8) is 0 Å². The number of carbonyl (C=O) groups excluding carboxylic acids is 1. The molecule has 2 heterocycles. The van der Waals surface area contributed by atoms with Crippen molar-refractivity contribution in [3.8, 4) is 0 Å². The third-order valence-corrected chi connectivity index (χ3v) is 6.86. The van der Waals surface area contributed by atoms with Crippen molar-refractivity contribution in [2.24, 2.45) is 0 Å². The van der Waals surface area contributed by atoms with Gasteiger partial charge in [-0.15, -0.1) is 0 Å². The Morgan fingerprint density at radius 2 is 1.92 bits per heavy atom. The van der Waals surface area contributed by atoms with E-state index in [1.807, 2.05) is 13.8 Å². The van der Waals surface area contributed by atoms with Gasteiger partial charge in [0.15, 0.2) is 5.65 Å². The lowest BCUT2D eigenvalue weighted by Crippen LogP contribution is -2.30. The average molecular weight is 508 g/mol. The number of nitrogens with zero attached hydrogens (tertiary/aromatic N) is 4. The number of anilines is 1. The fourth-order valence-electron chi connectivity index (χ4n) is 4.47. The Kier molecular flexibility index (Phi) is 7.89. The van der Waals surface area contributed by atoms with Crippen molar-refractivity contribution < 1.29 is 9.18 Å². The molecule has 1 amide bonds. The van der Waals surface area contributed by atoms with Crippen LogP contribution in [0.3, 0.4) is 0 Å². The Hall–Kier alpha value is -3.45. The predicted octanol–water partition coefficient (Wildman–Crippen LogP) is 5.68. The maximum absolute atomic E-state index is 14.4. The molecule has 0 unspecified atom stereocenters. The lowest BCUT2D eigenvalue weighted by molar-refractivity contribution is 0.0955. The van der Waals surface area contributed by atoms with E-state index in [4.69, 9.17) is 11.6 Å². The molecule has 4 rings (SSSR count). The minimum atomic E-state index is -0.356. The monoisotopic (exact) mass is 507 g/mol. The summed E-state index contributed by atoms with van der Waals surface area (Å²) >= 11 is 6.24. The van der Waals surface area contributed by atoms with E-state index in [1.165, 1.54) is 23.5 Å². The first-order valence-corrected chi connectivity index (χ1v) is 12.5. The van der Waals surface area contributed by atoms with Crippen LogP contribution in [0.15, 0.2) is 48.7 Å². The summed E-state index contributed by atoms with van der Waals surface area (Å²) in [4.78, 5) is 19.9. The van der Waals surface area contributed by atoms with Crippen LogP contribution in [0, 0.1) is 26.6 Å². The topological polar surface area (TPSA) is 62.5 Å². The van der Waals surface area contributed by atoms with Gasteiger partial charge in [-0.05, 0) is 69.5 Å². The molecule has 0 fully saturated rings. The van der Waals surface area contributed by atoms with E-state index in [0.29, 0.717) is 40.5 Å². The summed E-state index contributed by atoms with van der Waals surface area (Å²) in [5.74, 6) is -0.564. The Morgan fingerprint density at radius 1 is 1.14 bits per heavy atom. The molecule has 0 radical (unpaired) electrons. The number of nitrogens with one attached hydrogen (secondary N) is 1. The molecule has 0 bridgehead atoms. The van der Waals surface area contributed by atoms with Gasteiger partial charge in [0.2, 0.25) is 0 Å². The number of benzene rings is 2. The first-order valence-electron chi connectivity index (χ1n) is 12.2. The van der Waals surface area contributed by atoms with Gasteiger partial charge >= 0.3 is 0 Å². The number of fused-ring (bicyclic) bond motifs is 1. The molecule has 0 aliphatic rings. The van der Waals surface area contributed by atoms with Crippen LogP contribution in [0.1, 0.15) is 51.8 Å². The molecule has 4 aromatic rings. The molecule has 2 aromatic carbocycles. The Morgan fingerprint density at radius 3 is 2.64 bits per heavy atom. The van der Waals surface area contributed by atoms with Gasteiger partial charge in [0, 0.05) is 53.7 Å². The Bertz CT molecular complexity index is 1380. The largest absolute Gasteiger partial charge is 0.372 e. The molecule has 0 aliphatic carbocycles. The SMILES string of the molecule is CCN(CCCNC(=O)c1cnn2c(C)c(Cc3c(F)cccc3Cl)c(C)nc12)c1cccc(C)c1. The number of aryl methyl sites for hydroxylation is 3. The zero-order chi connectivity index (χ0) is 25.8. The molecule has 36 heavy (non-hydrogen) atoms. The van der Waals surface area contributed by atoms with Crippen LogP contribution in [0.4, 0.5) is 10.1 Å². The number of rotatable bonds is 9. The van der Waals surface area contributed by atoms with Crippen LogP contribution in [0.25, 0.3) is 5.65 Å². The van der Waals surface area contributed by atoms with Gasteiger partial charge in [0.1, 0.15) is 11.4 Å². The average Bonchev–Trinajstić information content (AvgIpc) is 3.27. The van der Waals surface area contributed by atoms with Crippen molar-refractivity contribution in [2.75, 3.05) is 24.5 Å². The van der Waals surface area contributed by atoms with Crippen LogP contribution in [-0.4, -0.2) is 40.1 Å². The van der Waals surface area contributed by atoms with E-state index in [2.05, 4.69) is 58.4 Å². The van der Waals surface area contributed by atoms with Gasteiger partial charge in [-0.25, -0.2) is 13.9 Å². The number of amides is 1. The number of hydrogen-bond donors (Lipinski definition) is 1. The van der Waals surface area contributed by atoms with Gasteiger partial charge in [0.25, 0.3) is 5.91 Å². The van der Waals surface area contributed by atoms with Gasteiger partial charge in [-0.2, -0.15) is 5.10 Å². The highest BCUT2D eigenvalue weighted by Crippen LogP contribution is 2.26. The fourth-order valence-corrected chi connectivity index (χ4v) is 4.70.